The molecule has 6 fully saturated rings. The zero-order valence-corrected chi connectivity index (χ0v) is 66.0. The molecule has 0 aromatic heterocycles. The molecule has 40 aliphatic heterocycles. The Balaban J connectivity index is 0.725. The summed E-state index contributed by atoms with van der Waals surface area (Å²) in [5.41, 5.74) is 6.02. The molecule has 24 nitrogen and oxygen atoms in total. The van der Waals surface area contributed by atoms with Gasteiger partial charge < -0.3 is 0 Å². The standard InChI is InChI=1S/C96H84N12O12/c109-85-55-25-27-57-80-58-28-26-56(79(55)80)86(110)103(85)73-19-7-1-13-67(73)97-43-49-37-50-39-51(38-49)45-99-69-15-3-9-21-75(69)106-91(115)61-31-35-65-84-66(36-32-62(82(61)84)92(106)116)96(120)108(95(65)119)78-24-12-6-18-72(78)102-48-54-41-52(46-100-70-16-4-10-22-76(70)104(87(57)111)88(58)112)40-53(42-54)47-101-71-17-5-11-23-77(71)107-93(117)63-33-29-59-81-60(30-34-64(83(63)81)94(107)118)90(114)105(89(59)113)74-20-8-2-14-68(74)98-44-50/h25-48,67-78H,1-24H2/t67-,68-,69-,70-,71-,72-,73-,74-,75-,76-,77-,78-/m1/s1. The van der Waals surface area contributed by atoms with E-state index in [9.17, 15) is 0 Å². The highest BCUT2D eigenvalue weighted by atomic mass is 16.2. The Morgan fingerprint density at radius 1 is 0.175 bits per heavy atom. The van der Waals surface area contributed by atoms with Gasteiger partial charge in [0.1, 0.15) is 0 Å². The van der Waals surface area contributed by atoms with Crippen molar-refractivity contribution in [2.45, 2.75) is 227 Å². The van der Waals surface area contributed by atoms with E-state index in [1.165, 1.54) is 29.4 Å². The molecule has 8 aromatic carbocycles. The zero-order valence-electron chi connectivity index (χ0n) is 66.0. The van der Waals surface area contributed by atoms with Crippen molar-refractivity contribution in [1.82, 2.24) is 29.4 Å². The molecule has 24 heteroatoms. The van der Waals surface area contributed by atoms with Crippen molar-refractivity contribution < 1.29 is 57.5 Å². The third-order valence-electron chi connectivity index (χ3n) is 28.5. The van der Waals surface area contributed by atoms with Crippen LogP contribution in [0.25, 0.3) is 32.3 Å². The molecule has 12 amide bonds. The van der Waals surface area contributed by atoms with Crippen LogP contribution in [-0.4, -0.2) is 210 Å². The number of rotatable bonds is 0. The summed E-state index contributed by atoms with van der Waals surface area (Å²) >= 11 is 0. The van der Waals surface area contributed by atoms with Gasteiger partial charge in [-0.25, -0.2) is 0 Å². The molecule has 8 aromatic rings. The van der Waals surface area contributed by atoms with E-state index in [0.717, 1.165) is 38.5 Å². The van der Waals surface area contributed by atoms with Gasteiger partial charge in [-0.3, -0.25) is 117 Å². The summed E-state index contributed by atoms with van der Waals surface area (Å²) in [4.78, 5) is 225. The van der Waals surface area contributed by atoms with Crippen molar-refractivity contribution in [1.29, 1.82) is 0 Å². The van der Waals surface area contributed by atoms with E-state index in [0.29, 0.717) is 149 Å². The van der Waals surface area contributed by atoms with E-state index in [-0.39, 0.29) is 99.1 Å². The van der Waals surface area contributed by atoms with Gasteiger partial charge in [-0.2, -0.15) is 0 Å². The lowest BCUT2D eigenvalue weighted by atomic mass is 9.82. The van der Waals surface area contributed by atoms with Crippen molar-refractivity contribution in [3.05, 3.63) is 209 Å². The number of carbonyl (C=O) groups is 12. The van der Waals surface area contributed by atoms with Crippen molar-refractivity contribution in [3.63, 3.8) is 0 Å². The molecule has 40 heterocycles. The third-order valence-corrected chi connectivity index (χ3v) is 28.5. The second-order valence-corrected chi connectivity index (χ2v) is 35.1. The lowest BCUT2D eigenvalue weighted by molar-refractivity contribution is 0.0460. The molecule has 30 bridgehead atoms. The summed E-state index contributed by atoms with van der Waals surface area (Å²) < 4.78 is 0. The Morgan fingerprint density at radius 2 is 0.292 bits per heavy atom. The first-order valence-corrected chi connectivity index (χ1v) is 43.1. The van der Waals surface area contributed by atoms with Crippen LogP contribution in [-0.2, 0) is 0 Å². The van der Waals surface area contributed by atoms with Crippen LogP contribution in [0.4, 0.5) is 0 Å². The first kappa shape index (κ1) is 73.7. The van der Waals surface area contributed by atoms with Crippen LogP contribution in [0.15, 0.2) is 139 Å². The van der Waals surface area contributed by atoms with Gasteiger partial charge >= 0.3 is 0 Å². The van der Waals surface area contributed by atoms with Crippen LogP contribution in [0, 0.1) is 0 Å². The number of aliphatic imine (C=N–C) groups is 6. The van der Waals surface area contributed by atoms with E-state index < -0.39 is 143 Å². The Morgan fingerprint density at radius 3 is 0.417 bits per heavy atom. The van der Waals surface area contributed by atoms with E-state index >= 15 is 57.5 Å². The molecule has 0 spiro atoms. The predicted octanol–water partition coefficient (Wildman–Crippen LogP) is 13.9. The summed E-state index contributed by atoms with van der Waals surface area (Å²) in [6, 6.07) is 23.0. The third kappa shape index (κ3) is 11.4. The molecule has 6 aliphatic carbocycles. The highest BCUT2D eigenvalue weighted by molar-refractivity contribution is 6.37. The molecule has 0 saturated heterocycles. The highest BCUT2D eigenvalue weighted by Gasteiger charge is 2.52. The number of hydrogen-bond acceptors (Lipinski definition) is 18. The first-order chi connectivity index (χ1) is 58.5. The number of nitrogens with zero attached hydrogens (tertiary/aromatic N) is 12. The molecule has 0 radical (unpaired) electrons. The fourth-order valence-corrected chi connectivity index (χ4v) is 22.9. The van der Waals surface area contributed by atoms with Gasteiger partial charge in [-0.05, 0) is 220 Å². The number of hydrogen-bond donors (Lipinski definition) is 0. The Hall–Kier alpha value is -12.6. The van der Waals surface area contributed by atoms with Gasteiger partial charge in [0, 0.05) is 136 Å². The number of imide groups is 6. The number of benzene rings is 8. The molecular weight excluding hydrogens is 1510 g/mol. The molecule has 54 rings (SSSR count). The summed E-state index contributed by atoms with van der Waals surface area (Å²) in [6.07, 6.45) is 25.0. The van der Waals surface area contributed by atoms with E-state index in [1.807, 2.05) is 36.4 Å². The van der Waals surface area contributed by atoms with Crippen LogP contribution in [0.1, 0.15) is 312 Å². The lowest BCUT2D eigenvalue weighted by Crippen LogP contribution is -2.54. The van der Waals surface area contributed by atoms with Gasteiger partial charge in [0.2, 0.25) is 0 Å². The van der Waals surface area contributed by atoms with E-state index in [4.69, 9.17) is 30.0 Å². The smallest absolute Gasteiger partial charge is 0.261 e. The van der Waals surface area contributed by atoms with Gasteiger partial charge in [-0.15, -0.1) is 0 Å². The second kappa shape index (κ2) is 28.6. The summed E-state index contributed by atoms with van der Waals surface area (Å²) in [7, 11) is 0. The number of carbonyl (C=O) groups excluding carboxylic acids is 12. The topological polar surface area (TPSA) is 298 Å². The first-order valence-electron chi connectivity index (χ1n) is 43.1. The molecule has 0 unspecified atom stereocenters. The summed E-state index contributed by atoms with van der Waals surface area (Å²) in [6.45, 7) is 0. The molecule has 46 aliphatic rings. The molecule has 600 valence electrons. The molecule has 6 saturated carbocycles. The highest BCUT2D eigenvalue weighted by Crippen LogP contribution is 2.48. The van der Waals surface area contributed by atoms with Crippen molar-refractivity contribution in [2.75, 3.05) is 0 Å². The van der Waals surface area contributed by atoms with Crippen LogP contribution >= 0.6 is 0 Å². The molecule has 0 N–H and O–H groups in total. The average molecular weight is 1600 g/mol. The predicted molar refractivity (Wildman–Crippen MR) is 450 cm³/mol. The minimum absolute atomic E-state index is 0.200. The van der Waals surface area contributed by atoms with E-state index in [2.05, 4.69) is 0 Å². The monoisotopic (exact) mass is 1600 g/mol. The average Bonchev–Trinajstić information content (AvgIpc) is 0.714. The normalized spacial score (nSPS) is 27.6. The molecule has 12 atom stereocenters. The molecular formula is C96H84N12O12. The minimum Gasteiger partial charge on any atom is -0.287 e. The second-order valence-electron chi connectivity index (χ2n) is 35.1. The summed E-state index contributed by atoms with van der Waals surface area (Å²) in [5.74, 6) is -6.58. The Kier molecular flexibility index (Phi) is 17.6. The maximum Gasteiger partial charge on any atom is 0.261 e. The van der Waals surface area contributed by atoms with Gasteiger partial charge in [0.05, 0.1) is 72.5 Å². The van der Waals surface area contributed by atoms with Crippen LogP contribution < -0.4 is 0 Å². The fraction of sp³-hybridized carbons (Fsp3) is 0.375. The van der Waals surface area contributed by atoms with Crippen molar-refractivity contribution in [2.24, 2.45) is 30.0 Å². The van der Waals surface area contributed by atoms with Crippen molar-refractivity contribution in [3.8, 4) is 0 Å². The maximum atomic E-state index is 15.4. The summed E-state index contributed by atoms with van der Waals surface area (Å²) in [5, 5.41) is 1.56. The van der Waals surface area contributed by atoms with E-state index in [1.54, 1.807) is 110 Å². The number of amides is 12. The SMILES string of the molecule is O=C1c2ccc3c4c5ccc(c24)C(=O)N1[C@@H]1CCCC[C@H]1N=Cc1cc2cc(c1)C=N[C@@H]1CCCC[C@H]1N1C(=O)c4ccc6c7c(ccc(c47)C1=O)C(=O)N(C6=O)[C@@H]1CCCC[C@H]1N=Cc1cc(cc(c1)C=N[C@@H]1CCCC[C@H]1N1C(=O)c4ccc6c7c(ccc(c47)C1=O)C(=O)N(C6=O)[C@@H]1CCCC[C@H]1N=C2)C=N[C@@H]1CCCC[C@H]1N(C3=O)C5=O. The van der Waals surface area contributed by atoms with Crippen molar-refractivity contribution >= 4 is 140 Å². The lowest BCUT2D eigenvalue weighted by Gasteiger charge is -2.41. The minimum atomic E-state index is -0.698. The maximum absolute atomic E-state index is 15.4. The molecule has 120 heavy (non-hydrogen) atoms. The Bertz CT molecular complexity index is 5060. The van der Waals surface area contributed by atoms with Gasteiger partial charge in [0.15, 0.2) is 0 Å². The Labute approximate surface area is 689 Å². The largest absolute Gasteiger partial charge is 0.287 e. The van der Waals surface area contributed by atoms with Gasteiger partial charge in [0.25, 0.3) is 70.9 Å². The fourth-order valence-electron chi connectivity index (χ4n) is 22.9. The van der Waals surface area contributed by atoms with Crippen LogP contribution in [0.5, 0.6) is 0 Å². The van der Waals surface area contributed by atoms with Crippen LogP contribution in [0.3, 0.4) is 0 Å². The zero-order chi connectivity index (χ0) is 81.4. The quantitative estimate of drug-likeness (QED) is 0.128. The van der Waals surface area contributed by atoms with Crippen LogP contribution in [0.2, 0.25) is 0 Å². The van der Waals surface area contributed by atoms with Gasteiger partial charge in [-0.1, -0.05) is 77.0 Å².